The van der Waals surface area contributed by atoms with E-state index in [1.54, 1.807) is 4.90 Å². The first-order valence-electron chi connectivity index (χ1n) is 22.5. The summed E-state index contributed by atoms with van der Waals surface area (Å²) in [5, 5.41) is 11.9. The Bertz CT molecular complexity index is 2110. The van der Waals surface area contributed by atoms with Crippen molar-refractivity contribution < 1.29 is 38.1 Å². The molecule has 18 heteroatoms. The molecule has 0 bridgehead atoms. The lowest BCUT2D eigenvalue weighted by Crippen LogP contribution is -2.62. The van der Waals surface area contributed by atoms with Crippen LogP contribution >= 0.6 is 15.9 Å². The summed E-state index contributed by atoms with van der Waals surface area (Å²) in [5.74, 6) is 3.18. The Morgan fingerprint density at radius 3 is 1.72 bits per heavy atom. The zero-order valence-electron chi connectivity index (χ0n) is 40.2. The first kappa shape index (κ1) is 49.5. The molecule has 3 amide bonds. The Morgan fingerprint density at radius 1 is 0.797 bits per heavy atom. The minimum atomic E-state index is -1.21. The molecule has 0 spiro atoms. The standard InChI is InChI=1S/C29H46N4O5Si.C17H24BrN3O3Si/c1-20(2)29(17-31(18-29)27(35)38-28(4,5)6)15-22-10-11-24-23(14-22)33-21(3)26(34)32(30-25(33)16-37-24)19-36-12-13-39(7,8)9;1-12-17(22)20(11-23-7-8-25(2,3)4)19-16-10-24-15-6-5-13(18)9-14(15)21(12)16/h10-11,14,20-21H,12-13,15-19H2,1-9H3;5-6,9,12H,7-8,10-11H2,1-4H3. The first-order chi connectivity index (χ1) is 29.8. The third-order valence-corrected chi connectivity index (χ3v) is 16.0. The van der Waals surface area contributed by atoms with Crippen LogP contribution in [0.25, 0.3) is 0 Å². The number of carbonyl (C=O) groups is 3. The summed E-state index contributed by atoms with van der Waals surface area (Å²) in [6.45, 7) is 31.3. The molecule has 2 aromatic rings. The maximum atomic E-state index is 13.3. The summed E-state index contributed by atoms with van der Waals surface area (Å²) in [6.07, 6.45) is 0.560. The van der Waals surface area contributed by atoms with E-state index in [1.807, 2.05) is 68.7 Å². The molecule has 1 fully saturated rings. The van der Waals surface area contributed by atoms with Crippen LogP contribution in [0.4, 0.5) is 16.2 Å². The van der Waals surface area contributed by atoms with E-state index >= 15 is 0 Å². The summed E-state index contributed by atoms with van der Waals surface area (Å²) in [7, 11) is -2.35. The highest BCUT2D eigenvalue weighted by Crippen LogP contribution is 2.44. The van der Waals surface area contributed by atoms with Gasteiger partial charge in [0.25, 0.3) is 11.8 Å². The molecule has 15 nitrogen and oxygen atoms in total. The SMILES string of the molecule is CC1C(=O)N(COCC[Si](C)(C)C)N=C2COc3ccc(Br)cc3N21.CC1C(=O)N(COCC[Si](C)(C)C)N=C2COc3ccc(CC4(C(C)C)CN(C(=O)OC(C)(C)C)C4)cc3N21. The Balaban J connectivity index is 0.000000234. The van der Waals surface area contributed by atoms with Crippen LogP contribution in [0, 0.1) is 11.3 Å². The van der Waals surface area contributed by atoms with E-state index in [-0.39, 0.29) is 42.8 Å². The van der Waals surface area contributed by atoms with Crippen LogP contribution < -0.4 is 19.3 Å². The molecule has 352 valence electrons. The predicted octanol–water partition coefficient (Wildman–Crippen LogP) is 8.68. The van der Waals surface area contributed by atoms with E-state index in [0.29, 0.717) is 51.3 Å². The van der Waals surface area contributed by atoms with Gasteiger partial charge in [-0.05, 0) is 94.9 Å². The number of benzene rings is 2. The number of halogens is 1. The normalized spacial score (nSPS) is 20.4. The second-order valence-corrected chi connectivity index (χ2v) is 33.5. The van der Waals surface area contributed by atoms with E-state index in [0.717, 1.165) is 57.3 Å². The number of likely N-dealkylation sites (tertiary alicyclic amines) is 1. The predicted molar refractivity (Wildman–Crippen MR) is 261 cm³/mol. The second-order valence-electron chi connectivity index (χ2n) is 21.3. The molecular weight excluding hydrogens is 915 g/mol. The number of hydrogen-bond acceptors (Lipinski definition) is 12. The van der Waals surface area contributed by atoms with E-state index in [1.165, 1.54) is 10.0 Å². The highest BCUT2D eigenvalue weighted by Gasteiger charge is 2.49. The fraction of sp³-hybridized carbons (Fsp3) is 0.630. The van der Waals surface area contributed by atoms with Gasteiger partial charge in [-0.2, -0.15) is 10.2 Å². The first-order valence-corrected chi connectivity index (χ1v) is 30.7. The lowest BCUT2D eigenvalue weighted by Gasteiger charge is -2.53. The lowest BCUT2D eigenvalue weighted by atomic mass is 9.67. The smallest absolute Gasteiger partial charge is 0.410 e. The van der Waals surface area contributed by atoms with Crippen molar-refractivity contribution in [1.29, 1.82) is 0 Å². The summed E-state index contributed by atoms with van der Waals surface area (Å²) in [5.41, 5.74) is 2.32. The number of hydrogen-bond donors (Lipinski definition) is 0. The topological polar surface area (TPSA) is 138 Å². The molecule has 5 heterocycles. The van der Waals surface area contributed by atoms with Gasteiger partial charge in [-0.25, -0.2) is 14.8 Å². The van der Waals surface area contributed by atoms with E-state index in [2.05, 4.69) is 91.4 Å². The van der Waals surface area contributed by atoms with Crippen LogP contribution in [-0.2, 0) is 30.2 Å². The van der Waals surface area contributed by atoms with Gasteiger partial charge in [0.2, 0.25) is 0 Å². The number of nitrogens with zero attached hydrogens (tertiary/aromatic N) is 7. The maximum absolute atomic E-state index is 13.3. The van der Waals surface area contributed by atoms with Gasteiger partial charge in [-0.3, -0.25) is 9.59 Å². The third kappa shape index (κ3) is 11.9. The van der Waals surface area contributed by atoms with Gasteiger partial charge in [0.05, 0.1) is 11.4 Å². The molecule has 0 aliphatic carbocycles. The Kier molecular flexibility index (Phi) is 15.0. The van der Waals surface area contributed by atoms with Gasteiger partial charge < -0.3 is 38.4 Å². The van der Waals surface area contributed by atoms with Crippen LogP contribution in [0.5, 0.6) is 11.5 Å². The van der Waals surface area contributed by atoms with Crippen molar-refractivity contribution in [3.8, 4) is 11.5 Å². The van der Waals surface area contributed by atoms with Crippen LogP contribution in [0.3, 0.4) is 0 Å². The molecule has 2 unspecified atom stereocenters. The maximum Gasteiger partial charge on any atom is 0.410 e. The van der Waals surface area contributed by atoms with Crippen molar-refractivity contribution in [3.63, 3.8) is 0 Å². The van der Waals surface area contributed by atoms with Gasteiger partial charge in [0.15, 0.2) is 11.7 Å². The molecule has 1 saturated heterocycles. The zero-order valence-corrected chi connectivity index (χ0v) is 43.8. The van der Waals surface area contributed by atoms with Gasteiger partial charge in [-0.1, -0.05) is 75.1 Å². The van der Waals surface area contributed by atoms with Gasteiger partial charge in [0.1, 0.15) is 55.9 Å². The quantitative estimate of drug-likeness (QED) is 0.142. The molecule has 5 aliphatic heterocycles. The van der Waals surface area contributed by atoms with Crippen molar-refractivity contribution in [2.24, 2.45) is 21.5 Å². The minimum absolute atomic E-state index is 0.0367. The number of rotatable bonds is 13. The second kappa shape index (κ2) is 19.5. The summed E-state index contributed by atoms with van der Waals surface area (Å²) < 4.78 is 29.9. The van der Waals surface area contributed by atoms with Crippen molar-refractivity contribution in [1.82, 2.24) is 14.9 Å². The molecule has 0 aromatic heterocycles. The highest BCUT2D eigenvalue weighted by atomic mass is 79.9. The monoisotopic (exact) mass is 983 g/mol. The van der Waals surface area contributed by atoms with Crippen LogP contribution in [0.2, 0.25) is 51.4 Å². The Morgan fingerprint density at radius 2 is 1.27 bits per heavy atom. The molecule has 5 aliphatic rings. The third-order valence-electron chi connectivity index (χ3n) is 12.1. The average Bonchev–Trinajstić information content (AvgIpc) is 3.18. The molecule has 0 N–H and O–H groups in total. The van der Waals surface area contributed by atoms with Crippen LogP contribution in [0.1, 0.15) is 54.0 Å². The van der Waals surface area contributed by atoms with Gasteiger partial charge in [0, 0.05) is 52.3 Å². The number of fused-ring (bicyclic) bond motifs is 6. The molecule has 7 rings (SSSR count). The number of anilines is 2. The van der Waals surface area contributed by atoms with Crippen molar-refractivity contribution in [2.45, 2.75) is 124 Å². The van der Waals surface area contributed by atoms with Crippen molar-refractivity contribution in [2.75, 3.05) is 62.8 Å². The Hall–Kier alpha value is -3.98. The van der Waals surface area contributed by atoms with Gasteiger partial charge >= 0.3 is 6.09 Å². The van der Waals surface area contributed by atoms with Crippen LogP contribution in [-0.4, -0.2) is 131 Å². The molecule has 0 saturated carbocycles. The minimum Gasteiger partial charge on any atom is -0.483 e. The average molecular weight is 985 g/mol. The Labute approximate surface area is 390 Å². The molecule has 0 radical (unpaired) electrons. The highest BCUT2D eigenvalue weighted by molar-refractivity contribution is 9.10. The largest absolute Gasteiger partial charge is 0.483 e. The molecule has 2 aromatic carbocycles. The zero-order chi connectivity index (χ0) is 46.9. The van der Waals surface area contributed by atoms with E-state index < -0.39 is 27.8 Å². The summed E-state index contributed by atoms with van der Waals surface area (Å²) >= 11 is 3.48. The number of carbonyl (C=O) groups excluding carboxylic acids is 3. The van der Waals surface area contributed by atoms with E-state index in [9.17, 15) is 14.4 Å². The molecule has 2 atom stereocenters. The summed E-state index contributed by atoms with van der Waals surface area (Å²) in [4.78, 5) is 44.3. The molecular formula is C46H70BrN7O8Si2. The van der Waals surface area contributed by atoms with Gasteiger partial charge in [-0.15, -0.1) is 0 Å². The van der Waals surface area contributed by atoms with Crippen molar-refractivity contribution >= 4 is 73.0 Å². The number of amides is 3. The fourth-order valence-electron chi connectivity index (χ4n) is 8.03. The lowest BCUT2D eigenvalue weighted by molar-refractivity contribution is -0.139. The molecule has 64 heavy (non-hydrogen) atoms. The number of amidine groups is 2. The van der Waals surface area contributed by atoms with Crippen molar-refractivity contribution in [3.05, 3.63) is 46.4 Å². The van der Waals surface area contributed by atoms with E-state index in [4.69, 9.17) is 23.7 Å². The van der Waals surface area contributed by atoms with Crippen LogP contribution in [0.15, 0.2) is 51.1 Å². The number of ether oxygens (including phenoxy) is 5. The summed E-state index contributed by atoms with van der Waals surface area (Å²) in [6, 6.07) is 13.3. The fourth-order valence-corrected chi connectivity index (χ4v) is 9.90. The number of hydrazone groups is 2.